The van der Waals surface area contributed by atoms with Gasteiger partial charge in [0.1, 0.15) is 5.82 Å². The normalized spacial score (nSPS) is 25.2. The first kappa shape index (κ1) is 29.9. The van der Waals surface area contributed by atoms with Gasteiger partial charge in [0.05, 0.1) is 0 Å². The number of hydrogen-bond donors (Lipinski definition) is 0. The molecule has 1 unspecified atom stereocenters. The van der Waals surface area contributed by atoms with E-state index in [1.807, 2.05) is 0 Å². The first-order valence-corrected chi connectivity index (χ1v) is 20.7. The van der Waals surface area contributed by atoms with Crippen molar-refractivity contribution in [2.45, 2.75) is 107 Å². The molecular weight excluding hydrogens is 603 g/mol. The second kappa shape index (κ2) is 15.7. The predicted octanol–water partition coefficient (Wildman–Crippen LogP) is 9.32. The van der Waals surface area contributed by atoms with Crippen LogP contribution in [0.25, 0.3) is 0 Å². The summed E-state index contributed by atoms with van der Waals surface area (Å²) in [4.78, 5) is 5.11. The molecule has 4 fully saturated rings. The van der Waals surface area contributed by atoms with Crippen molar-refractivity contribution >= 4 is 27.3 Å². The summed E-state index contributed by atoms with van der Waals surface area (Å²) in [5.41, 5.74) is 7.86. The van der Waals surface area contributed by atoms with Crippen molar-refractivity contribution in [1.82, 2.24) is 9.80 Å². The fourth-order valence-electron chi connectivity index (χ4n) is 7.45. The van der Waals surface area contributed by atoms with Crippen LogP contribution in [0.2, 0.25) is 0 Å². The van der Waals surface area contributed by atoms with Gasteiger partial charge in [0.25, 0.3) is 0 Å². The molecule has 1 aromatic rings. The fraction of sp³-hybridized carbons (Fsp3) is 0.677. The minimum absolute atomic E-state index is 0.0561. The van der Waals surface area contributed by atoms with Crippen LogP contribution in [0.5, 0.6) is 0 Å². The van der Waals surface area contributed by atoms with Gasteiger partial charge in [-0.25, -0.2) is 0 Å². The van der Waals surface area contributed by atoms with Gasteiger partial charge in [0.15, 0.2) is 0 Å². The van der Waals surface area contributed by atoms with Crippen molar-refractivity contribution < 1.29 is 15.1 Å². The van der Waals surface area contributed by atoms with Gasteiger partial charge in [0.2, 0.25) is 0 Å². The first-order valence-electron chi connectivity index (χ1n) is 14.7. The zero-order valence-corrected chi connectivity index (χ0v) is 27.1. The summed E-state index contributed by atoms with van der Waals surface area (Å²) in [6, 6.07) is 11.2. The number of halogens is 2. The molecular formula is C31H47Cl2N2PRu. The van der Waals surface area contributed by atoms with Crippen molar-refractivity contribution in [1.29, 1.82) is 0 Å². The third kappa shape index (κ3) is 8.00. The van der Waals surface area contributed by atoms with E-state index in [-0.39, 0.29) is 23.1 Å². The quantitative estimate of drug-likeness (QED) is 0.232. The molecule has 5 rings (SSSR count). The van der Waals surface area contributed by atoms with E-state index >= 15 is 0 Å². The van der Waals surface area contributed by atoms with Crippen molar-refractivity contribution in [2.75, 3.05) is 27.2 Å². The fourth-order valence-corrected chi connectivity index (χ4v) is 12.1. The molecule has 0 bridgehead atoms. The summed E-state index contributed by atoms with van der Waals surface area (Å²) in [5, 5.41) is 0. The van der Waals surface area contributed by atoms with E-state index < -0.39 is 0 Å². The number of rotatable bonds is 5. The van der Waals surface area contributed by atoms with E-state index in [2.05, 4.69) is 60.3 Å². The molecule has 4 aliphatic rings. The Balaban J connectivity index is 0.00000102. The Hall–Kier alpha value is -0.0666. The molecule has 3 saturated carbocycles. The Labute approximate surface area is 244 Å². The number of nitrogens with zero attached hydrogens (tertiary/aromatic N) is 2. The van der Waals surface area contributed by atoms with E-state index in [4.69, 9.17) is 19.4 Å². The van der Waals surface area contributed by atoms with Gasteiger partial charge < -0.3 is 9.80 Å². The van der Waals surface area contributed by atoms with Gasteiger partial charge in [-0.05, 0) is 79.4 Å². The molecule has 1 atom stereocenters. The average molecular weight is 651 g/mol. The van der Waals surface area contributed by atoms with E-state index in [9.17, 15) is 0 Å². The van der Waals surface area contributed by atoms with E-state index in [0.717, 1.165) is 23.4 Å². The van der Waals surface area contributed by atoms with Crippen LogP contribution >= 0.6 is 27.3 Å². The Morgan fingerprint density at radius 2 is 1.35 bits per heavy atom. The molecule has 1 saturated heterocycles. The summed E-state index contributed by atoms with van der Waals surface area (Å²) in [6.07, 6.45) is 23.0. The maximum absolute atomic E-state index is 4.85. The Bertz CT molecular complexity index is 850. The summed E-state index contributed by atoms with van der Waals surface area (Å²) in [7, 11) is 14.4. The maximum atomic E-state index is 4.85. The van der Waals surface area contributed by atoms with Crippen molar-refractivity contribution in [3.05, 3.63) is 58.9 Å². The van der Waals surface area contributed by atoms with Crippen LogP contribution in [-0.2, 0) is 21.6 Å². The standard InChI is InChI=1S/C31H47N2P.2ClH.Ru/c1-32-23-24-33(2)31(32)29-19-12-20-30(28(29)22-21-25-13-6-3-7-14-25)34(26-15-8-4-9-16-26)27-17-10-5-11-18-27;;;/h3,6-7,13-14,22,26-27,30H,4-5,8-12,15-21,23-24H2,1-2H3;2*1H;/q;;;+2/p-2. The number of likely N-dealkylation sites (N-methyl/N-ethyl adjacent to an activating group) is 2. The van der Waals surface area contributed by atoms with Gasteiger partial charge in [-0.15, -0.1) is 0 Å². The van der Waals surface area contributed by atoms with E-state index in [1.165, 1.54) is 102 Å². The van der Waals surface area contributed by atoms with Crippen LogP contribution in [-0.4, -0.2) is 54.0 Å². The molecule has 1 aliphatic heterocycles. The molecule has 0 radical (unpaired) electrons. The molecule has 208 valence electrons. The summed E-state index contributed by atoms with van der Waals surface area (Å²) < 4.78 is 0. The Morgan fingerprint density at radius 3 is 1.89 bits per heavy atom. The minimum atomic E-state index is -0.346. The van der Waals surface area contributed by atoms with Gasteiger partial charge in [-0.3, -0.25) is 0 Å². The van der Waals surface area contributed by atoms with E-state index in [0.29, 0.717) is 0 Å². The summed E-state index contributed by atoms with van der Waals surface area (Å²) in [6.45, 7) is 2.35. The van der Waals surface area contributed by atoms with Crippen LogP contribution in [0, 0.1) is 0 Å². The molecule has 6 heteroatoms. The number of benzene rings is 1. The number of hydrogen-bond acceptors (Lipinski definition) is 2. The van der Waals surface area contributed by atoms with Crippen LogP contribution in [0.4, 0.5) is 0 Å². The molecule has 2 nitrogen and oxygen atoms in total. The molecule has 0 aromatic heterocycles. The van der Waals surface area contributed by atoms with Gasteiger partial charge in [0, 0.05) is 32.8 Å². The second-order valence-corrected chi connectivity index (χ2v) is 17.1. The molecule has 3 aliphatic carbocycles. The van der Waals surface area contributed by atoms with Gasteiger partial charge >= 0.3 is 34.5 Å². The third-order valence-corrected chi connectivity index (χ3v) is 13.1. The van der Waals surface area contributed by atoms with Crippen LogP contribution < -0.4 is 0 Å². The van der Waals surface area contributed by atoms with Gasteiger partial charge in [-0.2, -0.15) is 0 Å². The topological polar surface area (TPSA) is 6.48 Å². The average Bonchev–Trinajstić information content (AvgIpc) is 3.27. The van der Waals surface area contributed by atoms with Crippen LogP contribution in [0.15, 0.2) is 53.4 Å². The van der Waals surface area contributed by atoms with Crippen molar-refractivity contribution in [2.24, 2.45) is 0 Å². The SMILES string of the molecule is CN1CCN(C)C1=C1CCCC(P(C2CCCCC2)C2CCCCC2)C1=CCc1ccccc1.[Cl][Ru][Cl]. The van der Waals surface area contributed by atoms with Crippen molar-refractivity contribution in [3.63, 3.8) is 0 Å². The van der Waals surface area contributed by atoms with Crippen LogP contribution in [0.3, 0.4) is 0 Å². The zero-order valence-electron chi connectivity index (χ0n) is 23.0. The van der Waals surface area contributed by atoms with Crippen LogP contribution in [0.1, 0.15) is 89.0 Å². The Morgan fingerprint density at radius 1 is 0.811 bits per heavy atom. The molecule has 0 spiro atoms. The first-order chi connectivity index (χ1) is 18.1. The third-order valence-electron chi connectivity index (χ3n) is 9.13. The van der Waals surface area contributed by atoms with Gasteiger partial charge in [-0.1, -0.05) is 82.9 Å². The van der Waals surface area contributed by atoms with E-state index in [1.54, 1.807) is 17.0 Å². The molecule has 1 heterocycles. The zero-order chi connectivity index (χ0) is 26.0. The summed E-state index contributed by atoms with van der Waals surface area (Å²) in [5.74, 6) is 1.55. The Kier molecular flexibility index (Phi) is 12.6. The molecule has 1 aromatic carbocycles. The molecule has 0 N–H and O–H groups in total. The predicted molar refractivity (Wildman–Crippen MR) is 161 cm³/mol. The summed E-state index contributed by atoms with van der Waals surface area (Å²) >= 11 is -0.346. The monoisotopic (exact) mass is 650 g/mol. The molecule has 37 heavy (non-hydrogen) atoms. The van der Waals surface area contributed by atoms with Crippen molar-refractivity contribution in [3.8, 4) is 0 Å². The second-order valence-electron chi connectivity index (χ2n) is 11.5. The number of allylic oxidation sites excluding steroid dienone is 3. The molecule has 0 amide bonds.